The number of methoxy groups -OCH3 is 1. The van der Waals surface area contributed by atoms with E-state index < -0.39 is 0 Å². The van der Waals surface area contributed by atoms with E-state index in [0.29, 0.717) is 35.3 Å². The molecule has 6 nitrogen and oxygen atoms in total. The molecule has 0 saturated heterocycles. The number of nitrogens with zero attached hydrogens (tertiary/aromatic N) is 2. The van der Waals surface area contributed by atoms with Crippen molar-refractivity contribution < 1.29 is 9.53 Å². The standard InChI is InChI=1S/C17H21N3O3S/c1-23-10-4-9-20-16(22)13-5-2-3-6-14(13)19-17(20)24-11-15(21)18-12-7-8-12/h2-3,5-6,12H,4,7-11H2,1H3,(H,18,21). The summed E-state index contributed by atoms with van der Waals surface area (Å²) < 4.78 is 6.72. The minimum absolute atomic E-state index is 0.00616. The highest BCUT2D eigenvalue weighted by Gasteiger charge is 2.23. The zero-order chi connectivity index (χ0) is 16.9. The van der Waals surface area contributed by atoms with Crippen LogP contribution in [0.15, 0.2) is 34.2 Å². The molecular formula is C17H21N3O3S. The van der Waals surface area contributed by atoms with Gasteiger partial charge in [0.2, 0.25) is 5.91 Å². The maximum absolute atomic E-state index is 12.7. The fraction of sp³-hybridized carbons (Fsp3) is 0.471. The van der Waals surface area contributed by atoms with Gasteiger partial charge in [0, 0.05) is 26.3 Å². The number of amides is 1. The van der Waals surface area contributed by atoms with Crippen molar-refractivity contribution >= 4 is 28.6 Å². The van der Waals surface area contributed by atoms with Gasteiger partial charge in [-0.25, -0.2) is 4.98 Å². The third kappa shape index (κ3) is 4.15. The fourth-order valence-electron chi connectivity index (χ4n) is 2.45. The topological polar surface area (TPSA) is 73.2 Å². The molecule has 1 aliphatic carbocycles. The van der Waals surface area contributed by atoms with E-state index in [0.717, 1.165) is 19.3 Å². The van der Waals surface area contributed by atoms with E-state index in [1.165, 1.54) is 11.8 Å². The molecule has 1 N–H and O–H groups in total. The summed E-state index contributed by atoms with van der Waals surface area (Å²) in [5.74, 6) is 0.263. The van der Waals surface area contributed by atoms with Crippen LogP contribution in [0, 0.1) is 0 Å². The SMILES string of the molecule is COCCCn1c(SCC(=O)NC2CC2)nc2ccccc2c1=O. The Morgan fingerprint density at radius 3 is 2.96 bits per heavy atom. The first-order valence-electron chi connectivity index (χ1n) is 8.09. The summed E-state index contributed by atoms with van der Waals surface area (Å²) in [5.41, 5.74) is 0.595. The zero-order valence-electron chi connectivity index (χ0n) is 13.7. The molecule has 0 radical (unpaired) electrons. The molecule has 2 aromatic rings. The number of carbonyl (C=O) groups is 1. The average molecular weight is 347 g/mol. The Labute approximate surface area is 144 Å². The zero-order valence-corrected chi connectivity index (χ0v) is 14.5. The lowest BCUT2D eigenvalue weighted by Crippen LogP contribution is -2.28. The Hall–Kier alpha value is -1.86. The Kier molecular flexibility index (Phi) is 5.52. The Morgan fingerprint density at radius 2 is 2.21 bits per heavy atom. The number of para-hydroxylation sites is 1. The monoisotopic (exact) mass is 347 g/mol. The molecule has 3 rings (SSSR count). The molecule has 0 aliphatic heterocycles. The van der Waals surface area contributed by atoms with Crippen LogP contribution in [0.25, 0.3) is 10.9 Å². The van der Waals surface area contributed by atoms with Crippen LogP contribution in [-0.4, -0.2) is 41.0 Å². The third-order valence-electron chi connectivity index (χ3n) is 3.83. The predicted octanol–water partition coefficient (Wildman–Crippen LogP) is 1.80. The number of rotatable bonds is 8. The smallest absolute Gasteiger partial charge is 0.262 e. The second kappa shape index (κ2) is 7.81. The minimum atomic E-state index is -0.0678. The summed E-state index contributed by atoms with van der Waals surface area (Å²) in [6.45, 7) is 1.10. The lowest BCUT2D eigenvalue weighted by molar-refractivity contribution is -0.118. The van der Waals surface area contributed by atoms with Crippen molar-refractivity contribution in [2.75, 3.05) is 19.5 Å². The highest BCUT2D eigenvalue weighted by Crippen LogP contribution is 2.21. The van der Waals surface area contributed by atoms with Gasteiger partial charge in [-0.1, -0.05) is 23.9 Å². The van der Waals surface area contributed by atoms with Crippen molar-refractivity contribution in [3.63, 3.8) is 0 Å². The first-order valence-corrected chi connectivity index (χ1v) is 9.08. The van der Waals surface area contributed by atoms with E-state index in [4.69, 9.17) is 4.74 Å². The van der Waals surface area contributed by atoms with Crippen LogP contribution in [0.3, 0.4) is 0 Å². The van der Waals surface area contributed by atoms with Crippen LogP contribution in [0.1, 0.15) is 19.3 Å². The minimum Gasteiger partial charge on any atom is -0.385 e. The summed E-state index contributed by atoms with van der Waals surface area (Å²) in [6.07, 6.45) is 2.84. The number of aromatic nitrogens is 2. The van der Waals surface area contributed by atoms with Gasteiger partial charge in [0.15, 0.2) is 5.16 Å². The van der Waals surface area contributed by atoms with Crippen LogP contribution in [-0.2, 0) is 16.1 Å². The molecule has 128 valence electrons. The molecule has 0 spiro atoms. The number of benzene rings is 1. The van der Waals surface area contributed by atoms with Crippen LogP contribution in [0.4, 0.5) is 0 Å². The molecule has 7 heteroatoms. The molecule has 1 saturated carbocycles. The maximum atomic E-state index is 12.7. The average Bonchev–Trinajstić information content (AvgIpc) is 3.39. The highest BCUT2D eigenvalue weighted by atomic mass is 32.2. The van der Waals surface area contributed by atoms with Gasteiger partial charge in [0.1, 0.15) is 0 Å². The molecule has 0 bridgehead atoms. The lowest BCUT2D eigenvalue weighted by atomic mass is 10.2. The van der Waals surface area contributed by atoms with E-state index >= 15 is 0 Å². The molecule has 0 unspecified atom stereocenters. The van der Waals surface area contributed by atoms with Gasteiger partial charge in [-0.2, -0.15) is 0 Å². The molecule has 1 aromatic heterocycles. The van der Waals surface area contributed by atoms with Crippen molar-refractivity contribution in [1.29, 1.82) is 0 Å². The molecule has 1 fully saturated rings. The number of fused-ring (bicyclic) bond motifs is 1. The maximum Gasteiger partial charge on any atom is 0.262 e. The lowest BCUT2D eigenvalue weighted by Gasteiger charge is -2.13. The number of hydrogen-bond acceptors (Lipinski definition) is 5. The first-order chi connectivity index (χ1) is 11.7. The molecule has 1 aromatic carbocycles. The second-order valence-corrected chi connectivity index (χ2v) is 6.79. The van der Waals surface area contributed by atoms with Crippen molar-refractivity contribution in [2.24, 2.45) is 0 Å². The summed E-state index contributed by atoms with van der Waals surface area (Å²) >= 11 is 1.31. The molecule has 24 heavy (non-hydrogen) atoms. The van der Waals surface area contributed by atoms with Crippen molar-refractivity contribution in [3.8, 4) is 0 Å². The molecule has 1 amide bonds. The van der Waals surface area contributed by atoms with E-state index in [9.17, 15) is 9.59 Å². The van der Waals surface area contributed by atoms with Gasteiger partial charge in [-0.05, 0) is 31.4 Å². The molecular weight excluding hydrogens is 326 g/mol. The number of nitrogens with one attached hydrogen (secondary N) is 1. The van der Waals surface area contributed by atoms with Crippen LogP contribution in [0.5, 0.6) is 0 Å². The second-order valence-electron chi connectivity index (χ2n) is 5.85. The van der Waals surface area contributed by atoms with Gasteiger partial charge in [0.25, 0.3) is 5.56 Å². The summed E-state index contributed by atoms with van der Waals surface area (Å²) in [5, 5.41) is 4.14. The van der Waals surface area contributed by atoms with Gasteiger partial charge in [0.05, 0.1) is 16.7 Å². The van der Waals surface area contributed by atoms with Gasteiger partial charge < -0.3 is 10.1 Å². The van der Waals surface area contributed by atoms with Crippen molar-refractivity contribution in [1.82, 2.24) is 14.9 Å². The molecule has 1 aliphatic rings. The van der Waals surface area contributed by atoms with Gasteiger partial charge in [-0.15, -0.1) is 0 Å². The summed E-state index contributed by atoms with van der Waals surface area (Å²) in [4.78, 5) is 29.3. The predicted molar refractivity (Wildman–Crippen MR) is 94.4 cm³/mol. The molecule has 0 atom stereocenters. The van der Waals surface area contributed by atoms with Crippen molar-refractivity contribution in [2.45, 2.75) is 37.0 Å². The number of ether oxygens (including phenoxy) is 1. The normalized spacial score (nSPS) is 14.0. The van der Waals surface area contributed by atoms with E-state index in [1.807, 2.05) is 18.2 Å². The van der Waals surface area contributed by atoms with Crippen LogP contribution < -0.4 is 10.9 Å². The molecule has 1 heterocycles. The largest absolute Gasteiger partial charge is 0.385 e. The quantitative estimate of drug-likeness (QED) is 0.448. The van der Waals surface area contributed by atoms with E-state index in [-0.39, 0.29) is 17.2 Å². The van der Waals surface area contributed by atoms with E-state index in [2.05, 4.69) is 10.3 Å². The number of hydrogen-bond donors (Lipinski definition) is 1. The summed E-state index contributed by atoms with van der Waals surface area (Å²) in [7, 11) is 1.64. The van der Waals surface area contributed by atoms with Crippen LogP contribution in [0.2, 0.25) is 0 Å². The fourth-order valence-corrected chi connectivity index (χ4v) is 3.29. The highest BCUT2D eigenvalue weighted by molar-refractivity contribution is 7.99. The Morgan fingerprint density at radius 1 is 1.42 bits per heavy atom. The van der Waals surface area contributed by atoms with Gasteiger partial charge >= 0.3 is 0 Å². The van der Waals surface area contributed by atoms with Crippen LogP contribution >= 0.6 is 11.8 Å². The summed E-state index contributed by atoms with van der Waals surface area (Å²) in [6, 6.07) is 7.64. The van der Waals surface area contributed by atoms with Crippen molar-refractivity contribution in [3.05, 3.63) is 34.6 Å². The van der Waals surface area contributed by atoms with Gasteiger partial charge in [-0.3, -0.25) is 14.2 Å². The number of thioether (sulfide) groups is 1. The Bertz CT molecular complexity index is 786. The Balaban J connectivity index is 1.83. The number of carbonyl (C=O) groups excluding carboxylic acids is 1. The van der Waals surface area contributed by atoms with E-state index in [1.54, 1.807) is 17.7 Å². The third-order valence-corrected chi connectivity index (χ3v) is 4.81. The first kappa shape index (κ1) is 17.0.